The van der Waals surface area contributed by atoms with Gasteiger partial charge in [0.05, 0.1) is 0 Å². The smallest absolute Gasteiger partial charge is 0.380 e. The second kappa shape index (κ2) is 7.39. The van der Waals surface area contributed by atoms with E-state index in [0.29, 0.717) is 20.9 Å². The summed E-state index contributed by atoms with van der Waals surface area (Å²) >= 11 is 2.13. The van der Waals surface area contributed by atoms with Crippen LogP contribution in [0.1, 0.15) is 20.9 Å². The van der Waals surface area contributed by atoms with Crippen molar-refractivity contribution in [1.29, 1.82) is 0 Å². The molecule has 36 heavy (non-hydrogen) atoms. The molecular weight excluding hydrogens is 522 g/mol. The van der Waals surface area contributed by atoms with Gasteiger partial charge in [0.15, 0.2) is 0 Å². The van der Waals surface area contributed by atoms with Gasteiger partial charge < -0.3 is 10.2 Å². The Bertz CT molecular complexity index is 1430. The van der Waals surface area contributed by atoms with Crippen LogP contribution in [0.3, 0.4) is 0 Å². The zero-order valence-electron chi connectivity index (χ0n) is 18.0. The molecule has 0 bridgehead atoms. The second-order valence-corrected chi connectivity index (χ2v) is 10.9. The molecule has 0 saturated heterocycles. The maximum atomic E-state index is 15.2. The van der Waals surface area contributed by atoms with Crippen LogP contribution >= 0.6 is 22.7 Å². The fourth-order valence-electron chi connectivity index (χ4n) is 4.66. The van der Waals surface area contributed by atoms with Gasteiger partial charge in [0.2, 0.25) is 0 Å². The van der Waals surface area contributed by atoms with Crippen LogP contribution < -0.4 is 0 Å². The second-order valence-electron chi connectivity index (χ2n) is 8.64. The highest BCUT2D eigenvalue weighted by molar-refractivity contribution is 7.17. The van der Waals surface area contributed by atoms with Crippen LogP contribution in [0.5, 0.6) is 11.5 Å². The number of phenols is 2. The summed E-state index contributed by atoms with van der Waals surface area (Å²) in [6.07, 6.45) is 0.0148. The van der Waals surface area contributed by atoms with E-state index in [1.807, 2.05) is 0 Å². The third-order valence-electron chi connectivity index (χ3n) is 6.45. The van der Waals surface area contributed by atoms with Crippen molar-refractivity contribution >= 4 is 33.8 Å². The molecule has 184 valence electrons. The minimum Gasteiger partial charge on any atom is -0.508 e. The topological polar surface area (TPSA) is 40.5 Å². The first-order valence-corrected chi connectivity index (χ1v) is 12.3. The molecule has 0 atom stereocenters. The van der Waals surface area contributed by atoms with Crippen molar-refractivity contribution in [2.75, 3.05) is 0 Å². The van der Waals surface area contributed by atoms with Crippen LogP contribution in [0.2, 0.25) is 0 Å². The van der Waals surface area contributed by atoms with Crippen molar-refractivity contribution in [3.05, 3.63) is 81.5 Å². The number of phenolic OH excluding ortho intramolecular Hbond substituents is 2. The van der Waals surface area contributed by atoms with Gasteiger partial charge in [-0.1, -0.05) is 0 Å². The standard InChI is InChI=1S/C26H14F6O2S2/c27-24(28)22-16-9-18(12-1-5-14(33)6-2-12)35-20(16)11-21-17(23(22)25(29,30)26(24,31)32)10-19(36-21)13-3-7-15(34)8-4-13/h1-10,33-34H,11H2. The first-order chi connectivity index (χ1) is 16.9. The van der Waals surface area contributed by atoms with Crippen LogP contribution in [0.25, 0.3) is 32.0 Å². The van der Waals surface area contributed by atoms with Crippen molar-refractivity contribution in [3.63, 3.8) is 0 Å². The average Bonchev–Trinajstić information content (AvgIpc) is 3.42. The molecule has 2 aliphatic rings. The summed E-state index contributed by atoms with van der Waals surface area (Å²) in [7, 11) is 0. The Labute approximate surface area is 208 Å². The van der Waals surface area contributed by atoms with E-state index in [0.717, 1.165) is 22.7 Å². The molecule has 2 N–H and O–H groups in total. The first-order valence-electron chi connectivity index (χ1n) is 10.7. The SMILES string of the molecule is Oc1ccc(-c2cc3c(s2)Cc2sc(-c4ccc(O)cc4)cc2C2=C3C(F)(F)C(F)(F)C2(F)F)cc1. The number of rotatable bonds is 2. The highest BCUT2D eigenvalue weighted by Crippen LogP contribution is 2.67. The first kappa shape index (κ1) is 23.2. The van der Waals surface area contributed by atoms with E-state index in [2.05, 4.69) is 0 Å². The predicted octanol–water partition coefficient (Wildman–Crippen LogP) is 8.29. The highest BCUT2D eigenvalue weighted by atomic mass is 32.1. The third kappa shape index (κ3) is 3.03. The molecule has 0 amide bonds. The van der Waals surface area contributed by atoms with Gasteiger partial charge in [-0.2, -0.15) is 26.3 Å². The van der Waals surface area contributed by atoms with Crippen LogP contribution in [0, 0.1) is 0 Å². The molecule has 0 unspecified atom stereocenters. The molecule has 2 aromatic heterocycles. The van der Waals surface area contributed by atoms with Crippen LogP contribution in [-0.2, 0) is 6.42 Å². The minimum absolute atomic E-state index is 0.0148. The lowest BCUT2D eigenvalue weighted by Crippen LogP contribution is -2.49. The number of fused-ring (bicyclic) bond motifs is 4. The lowest BCUT2D eigenvalue weighted by atomic mass is 9.97. The van der Waals surface area contributed by atoms with E-state index in [4.69, 9.17) is 0 Å². The summed E-state index contributed by atoms with van der Waals surface area (Å²) in [6.45, 7) is 0. The van der Waals surface area contributed by atoms with E-state index in [9.17, 15) is 19.0 Å². The maximum Gasteiger partial charge on any atom is 0.380 e. The van der Waals surface area contributed by atoms with E-state index >= 15 is 17.6 Å². The van der Waals surface area contributed by atoms with E-state index < -0.39 is 28.9 Å². The molecule has 0 aliphatic heterocycles. The Hall–Kier alpha value is -3.24. The molecule has 6 rings (SSSR count). The molecule has 2 aliphatic carbocycles. The molecule has 2 nitrogen and oxygen atoms in total. The van der Waals surface area contributed by atoms with E-state index in [-0.39, 0.29) is 38.8 Å². The summed E-state index contributed by atoms with van der Waals surface area (Å²) in [5, 5.41) is 19.1. The molecule has 2 heterocycles. The summed E-state index contributed by atoms with van der Waals surface area (Å²) < 4.78 is 90.2. The number of hydrogen-bond donors (Lipinski definition) is 2. The van der Waals surface area contributed by atoms with E-state index in [1.54, 1.807) is 0 Å². The van der Waals surface area contributed by atoms with Gasteiger partial charge in [0.25, 0.3) is 0 Å². The fourth-order valence-corrected chi connectivity index (χ4v) is 7.12. The Kier molecular flexibility index (Phi) is 4.76. The van der Waals surface area contributed by atoms with Gasteiger partial charge in [0.1, 0.15) is 11.5 Å². The number of thiophene rings is 2. The molecule has 0 radical (unpaired) electrons. The van der Waals surface area contributed by atoms with Gasteiger partial charge in [-0.3, -0.25) is 0 Å². The monoisotopic (exact) mass is 536 g/mol. The predicted molar refractivity (Wildman–Crippen MR) is 127 cm³/mol. The molecule has 0 fully saturated rings. The van der Waals surface area contributed by atoms with Gasteiger partial charge in [-0.05, 0) is 82.9 Å². The van der Waals surface area contributed by atoms with Crippen LogP contribution in [0.15, 0.2) is 60.7 Å². The number of aromatic hydroxyl groups is 2. The molecule has 4 aromatic rings. The highest BCUT2D eigenvalue weighted by Gasteiger charge is 2.80. The van der Waals surface area contributed by atoms with Crippen LogP contribution in [-0.4, -0.2) is 28.0 Å². The average molecular weight is 537 g/mol. The van der Waals surface area contributed by atoms with Crippen molar-refractivity contribution in [3.8, 4) is 32.4 Å². The molecular formula is C26H14F6O2S2. The van der Waals surface area contributed by atoms with Gasteiger partial charge in [0, 0.05) is 37.1 Å². The van der Waals surface area contributed by atoms with Crippen molar-refractivity contribution in [1.82, 2.24) is 0 Å². The van der Waals surface area contributed by atoms with Crippen LogP contribution in [0.4, 0.5) is 26.3 Å². The molecule has 0 saturated carbocycles. The molecule has 2 aromatic carbocycles. The van der Waals surface area contributed by atoms with Gasteiger partial charge >= 0.3 is 17.8 Å². The number of allylic oxidation sites excluding steroid dienone is 2. The lowest BCUT2D eigenvalue weighted by Gasteiger charge is -2.26. The zero-order chi connectivity index (χ0) is 25.6. The Morgan fingerprint density at radius 1 is 0.583 bits per heavy atom. The lowest BCUT2D eigenvalue weighted by molar-refractivity contribution is -0.254. The summed E-state index contributed by atoms with van der Waals surface area (Å²) in [5.74, 6) is -15.9. The molecule has 10 heteroatoms. The summed E-state index contributed by atoms with van der Waals surface area (Å²) in [5.41, 5.74) is -2.25. The van der Waals surface area contributed by atoms with Crippen molar-refractivity contribution in [2.45, 2.75) is 24.2 Å². The quantitative estimate of drug-likeness (QED) is 0.253. The van der Waals surface area contributed by atoms with Crippen molar-refractivity contribution < 1.29 is 36.6 Å². The summed E-state index contributed by atoms with van der Waals surface area (Å²) in [4.78, 5) is 1.41. The third-order valence-corrected chi connectivity index (χ3v) is 8.82. The Morgan fingerprint density at radius 3 is 1.31 bits per heavy atom. The van der Waals surface area contributed by atoms with Gasteiger partial charge in [-0.25, -0.2) is 0 Å². The normalized spacial score (nSPS) is 18.9. The van der Waals surface area contributed by atoms with Gasteiger partial charge in [-0.15, -0.1) is 22.7 Å². The number of benzene rings is 2. The maximum absolute atomic E-state index is 15.2. The largest absolute Gasteiger partial charge is 0.508 e. The number of halogens is 6. The fraction of sp³-hybridized carbons (Fsp3) is 0.154. The Morgan fingerprint density at radius 2 is 0.944 bits per heavy atom. The van der Waals surface area contributed by atoms with Crippen molar-refractivity contribution in [2.24, 2.45) is 0 Å². The molecule has 0 spiro atoms. The number of alkyl halides is 6. The summed E-state index contributed by atoms with van der Waals surface area (Å²) in [6, 6.07) is 14.2. The van der Waals surface area contributed by atoms with E-state index in [1.165, 1.54) is 60.7 Å². The number of hydrogen-bond acceptors (Lipinski definition) is 4. The Balaban J connectivity index is 1.62. The zero-order valence-corrected chi connectivity index (χ0v) is 19.6. The minimum atomic E-state index is -5.61.